The second-order valence-electron chi connectivity index (χ2n) is 4.61. The zero-order chi connectivity index (χ0) is 13.1. The highest BCUT2D eigenvalue weighted by Crippen LogP contribution is 2.28. The quantitative estimate of drug-likeness (QED) is 0.909. The van der Waals surface area contributed by atoms with Gasteiger partial charge in [-0.15, -0.1) is 11.3 Å². The summed E-state index contributed by atoms with van der Waals surface area (Å²) in [7, 11) is 0. The molecule has 3 heterocycles. The van der Waals surface area contributed by atoms with Gasteiger partial charge in [0.15, 0.2) is 5.82 Å². The summed E-state index contributed by atoms with van der Waals surface area (Å²) in [6.07, 6.45) is 4.42. The molecule has 1 saturated heterocycles. The Morgan fingerprint density at radius 1 is 1.32 bits per heavy atom. The highest BCUT2D eigenvalue weighted by Gasteiger charge is 2.16. The van der Waals surface area contributed by atoms with Gasteiger partial charge in [-0.1, -0.05) is 0 Å². The Balaban J connectivity index is 1.75. The van der Waals surface area contributed by atoms with Gasteiger partial charge in [-0.05, 0) is 52.4 Å². The van der Waals surface area contributed by atoms with Gasteiger partial charge in [0.25, 0.3) is 0 Å². The molecule has 100 valence electrons. The molecule has 0 spiro atoms. The van der Waals surface area contributed by atoms with E-state index in [0.717, 1.165) is 31.1 Å². The number of halogens is 1. The van der Waals surface area contributed by atoms with E-state index in [9.17, 15) is 0 Å². The minimum Gasteiger partial charge on any atom is -0.377 e. The van der Waals surface area contributed by atoms with Crippen LogP contribution in [0.25, 0.3) is 0 Å². The summed E-state index contributed by atoms with van der Waals surface area (Å²) in [6.45, 7) is 3.08. The average molecular weight is 338 g/mol. The minimum atomic E-state index is 0.838. The van der Waals surface area contributed by atoms with Crippen molar-refractivity contribution in [3.63, 3.8) is 0 Å². The molecule has 0 bridgehead atoms. The molecule has 19 heavy (non-hydrogen) atoms. The van der Waals surface area contributed by atoms with Crippen molar-refractivity contribution in [3.8, 4) is 0 Å². The number of nitrogens with one attached hydrogen (secondary N) is 1. The van der Waals surface area contributed by atoms with E-state index in [0.29, 0.717) is 0 Å². The Morgan fingerprint density at radius 2 is 2.16 bits per heavy atom. The van der Waals surface area contributed by atoms with Gasteiger partial charge in [0.05, 0.1) is 12.2 Å². The number of aromatic nitrogens is 1. The Kier molecular flexibility index (Phi) is 4.03. The van der Waals surface area contributed by atoms with Crippen molar-refractivity contribution in [3.05, 3.63) is 39.1 Å². The van der Waals surface area contributed by atoms with Crippen LogP contribution in [0.5, 0.6) is 0 Å². The van der Waals surface area contributed by atoms with E-state index in [1.165, 1.54) is 22.2 Å². The van der Waals surface area contributed by atoms with Gasteiger partial charge in [0.2, 0.25) is 0 Å². The minimum absolute atomic E-state index is 0.838. The Labute approximate surface area is 125 Å². The molecule has 0 unspecified atom stereocenters. The summed E-state index contributed by atoms with van der Waals surface area (Å²) < 4.78 is 1.18. The van der Waals surface area contributed by atoms with Crippen molar-refractivity contribution < 1.29 is 0 Å². The van der Waals surface area contributed by atoms with Crippen LogP contribution >= 0.6 is 27.3 Å². The fourth-order valence-electron chi connectivity index (χ4n) is 2.34. The maximum atomic E-state index is 4.54. The zero-order valence-electron chi connectivity index (χ0n) is 10.6. The zero-order valence-corrected chi connectivity index (χ0v) is 13.0. The Morgan fingerprint density at radius 3 is 2.89 bits per heavy atom. The molecule has 0 amide bonds. The van der Waals surface area contributed by atoms with Crippen molar-refractivity contribution in [2.45, 2.75) is 19.4 Å². The van der Waals surface area contributed by atoms with Crippen molar-refractivity contribution in [1.29, 1.82) is 0 Å². The van der Waals surface area contributed by atoms with Crippen LogP contribution in [-0.4, -0.2) is 18.1 Å². The molecule has 3 nitrogen and oxygen atoms in total. The Bertz CT molecular complexity index is 549. The van der Waals surface area contributed by atoms with Crippen LogP contribution in [0.4, 0.5) is 11.5 Å². The molecule has 0 atom stereocenters. The molecule has 2 aromatic rings. The number of anilines is 2. The molecule has 2 aromatic heterocycles. The molecular formula is C14H16BrN3S. The lowest BCUT2D eigenvalue weighted by Gasteiger charge is -2.20. The molecule has 0 saturated carbocycles. The number of nitrogens with zero attached hydrogens (tertiary/aromatic N) is 2. The number of thiophene rings is 1. The maximum absolute atomic E-state index is 4.54. The smallest absolute Gasteiger partial charge is 0.151 e. The molecular weight excluding hydrogens is 322 g/mol. The predicted molar refractivity (Wildman–Crippen MR) is 85.0 cm³/mol. The van der Waals surface area contributed by atoms with Crippen LogP contribution in [0.2, 0.25) is 0 Å². The number of hydrogen-bond acceptors (Lipinski definition) is 4. The van der Waals surface area contributed by atoms with E-state index >= 15 is 0 Å². The summed E-state index contributed by atoms with van der Waals surface area (Å²) in [4.78, 5) is 8.22. The van der Waals surface area contributed by atoms with Gasteiger partial charge < -0.3 is 10.2 Å². The first-order chi connectivity index (χ1) is 9.34. The van der Waals surface area contributed by atoms with E-state index in [4.69, 9.17) is 0 Å². The summed E-state index contributed by atoms with van der Waals surface area (Å²) in [5, 5.41) is 5.61. The highest BCUT2D eigenvalue weighted by molar-refractivity contribution is 9.10. The summed E-state index contributed by atoms with van der Waals surface area (Å²) in [5.74, 6) is 1.09. The van der Waals surface area contributed by atoms with Gasteiger partial charge in [0, 0.05) is 28.6 Å². The summed E-state index contributed by atoms with van der Waals surface area (Å²) >= 11 is 5.33. The van der Waals surface area contributed by atoms with E-state index in [1.807, 2.05) is 12.3 Å². The van der Waals surface area contributed by atoms with E-state index < -0.39 is 0 Å². The molecule has 1 N–H and O–H groups in total. The molecule has 1 fully saturated rings. The average Bonchev–Trinajstić information content (AvgIpc) is 3.08. The SMILES string of the molecule is Brc1ccsc1CNc1cccnc1N1CCCC1. The Hall–Kier alpha value is -1.07. The van der Waals surface area contributed by atoms with E-state index in [2.05, 4.69) is 48.6 Å². The summed E-state index contributed by atoms with van der Waals surface area (Å²) in [5.41, 5.74) is 1.13. The molecule has 1 aliphatic rings. The molecule has 0 aromatic carbocycles. The fraction of sp³-hybridized carbons (Fsp3) is 0.357. The normalized spacial score (nSPS) is 14.9. The van der Waals surface area contributed by atoms with Crippen LogP contribution in [0.1, 0.15) is 17.7 Å². The molecule has 1 aliphatic heterocycles. The van der Waals surface area contributed by atoms with E-state index in [-0.39, 0.29) is 0 Å². The lowest BCUT2D eigenvalue weighted by molar-refractivity contribution is 0.935. The second kappa shape index (κ2) is 5.92. The number of rotatable bonds is 4. The third-order valence-electron chi connectivity index (χ3n) is 3.32. The van der Waals surface area contributed by atoms with Gasteiger partial charge >= 0.3 is 0 Å². The van der Waals surface area contributed by atoms with Crippen LogP contribution in [0.15, 0.2) is 34.2 Å². The van der Waals surface area contributed by atoms with Gasteiger partial charge in [0.1, 0.15) is 0 Å². The van der Waals surface area contributed by atoms with Gasteiger partial charge in [-0.25, -0.2) is 4.98 Å². The van der Waals surface area contributed by atoms with Crippen molar-refractivity contribution in [1.82, 2.24) is 4.98 Å². The topological polar surface area (TPSA) is 28.2 Å². The number of hydrogen-bond donors (Lipinski definition) is 1. The molecule has 0 radical (unpaired) electrons. The number of pyridine rings is 1. The van der Waals surface area contributed by atoms with Crippen LogP contribution in [-0.2, 0) is 6.54 Å². The second-order valence-corrected chi connectivity index (χ2v) is 6.47. The first-order valence-electron chi connectivity index (χ1n) is 6.50. The third kappa shape index (κ3) is 2.92. The highest BCUT2D eigenvalue weighted by atomic mass is 79.9. The van der Waals surface area contributed by atoms with E-state index in [1.54, 1.807) is 11.3 Å². The first kappa shape index (κ1) is 12.9. The largest absolute Gasteiger partial charge is 0.377 e. The first-order valence-corrected chi connectivity index (χ1v) is 8.17. The van der Waals surface area contributed by atoms with Crippen molar-refractivity contribution in [2.75, 3.05) is 23.3 Å². The fourth-order valence-corrected chi connectivity index (χ4v) is 3.77. The summed E-state index contributed by atoms with van der Waals surface area (Å²) in [6, 6.07) is 6.19. The monoisotopic (exact) mass is 337 g/mol. The van der Waals surface area contributed by atoms with Crippen LogP contribution < -0.4 is 10.2 Å². The lowest BCUT2D eigenvalue weighted by Crippen LogP contribution is -2.20. The molecule has 5 heteroatoms. The van der Waals surface area contributed by atoms with Crippen molar-refractivity contribution >= 4 is 38.8 Å². The standard InChI is InChI=1S/C14H16BrN3S/c15-11-5-9-19-13(11)10-17-12-4-3-6-16-14(12)18-7-1-2-8-18/h3-6,9,17H,1-2,7-8,10H2. The predicted octanol–water partition coefficient (Wildman–Crippen LogP) is 4.12. The molecule has 0 aliphatic carbocycles. The van der Waals surface area contributed by atoms with Gasteiger partial charge in [-0.3, -0.25) is 0 Å². The maximum Gasteiger partial charge on any atom is 0.151 e. The third-order valence-corrected chi connectivity index (χ3v) is 5.25. The van der Waals surface area contributed by atoms with Crippen LogP contribution in [0, 0.1) is 0 Å². The molecule has 3 rings (SSSR count). The van der Waals surface area contributed by atoms with Crippen LogP contribution in [0.3, 0.4) is 0 Å². The van der Waals surface area contributed by atoms with Crippen molar-refractivity contribution in [2.24, 2.45) is 0 Å². The lowest BCUT2D eigenvalue weighted by atomic mass is 10.3. The van der Waals surface area contributed by atoms with Gasteiger partial charge in [-0.2, -0.15) is 0 Å².